The van der Waals surface area contributed by atoms with Crippen LogP contribution in [0.25, 0.3) is 0 Å². The van der Waals surface area contributed by atoms with Crippen LogP contribution < -0.4 is 27.4 Å². The SMILES string of the molecule is CSCCC(NC(=O)C(N)CCC(N)=O)C(=O)NC(CCSC)C(=O)NC(Cc1ccc(O)cc1)C(=O)O. The van der Waals surface area contributed by atoms with Crippen molar-refractivity contribution in [2.24, 2.45) is 11.5 Å². The lowest BCUT2D eigenvalue weighted by atomic mass is 10.0. The van der Waals surface area contributed by atoms with E-state index in [1.54, 1.807) is 12.1 Å². The number of rotatable bonds is 18. The van der Waals surface area contributed by atoms with Gasteiger partial charge in [0.15, 0.2) is 0 Å². The van der Waals surface area contributed by atoms with Crippen LogP contribution in [0.1, 0.15) is 31.2 Å². The van der Waals surface area contributed by atoms with E-state index in [0.717, 1.165) is 0 Å². The summed E-state index contributed by atoms with van der Waals surface area (Å²) in [6.45, 7) is 0. The molecule has 1 aromatic rings. The van der Waals surface area contributed by atoms with Gasteiger partial charge in [0.05, 0.1) is 6.04 Å². The van der Waals surface area contributed by atoms with Gasteiger partial charge in [-0.3, -0.25) is 19.2 Å². The lowest BCUT2D eigenvalue weighted by molar-refractivity contribution is -0.142. The van der Waals surface area contributed by atoms with E-state index < -0.39 is 53.8 Å². The highest BCUT2D eigenvalue weighted by atomic mass is 32.2. The zero-order chi connectivity index (χ0) is 28.7. The predicted octanol–water partition coefficient (Wildman–Crippen LogP) is -0.427. The number of phenols is 1. The van der Waals surface area contributed by atoms with Crippen molar-refractivity contribution >= 4 is 53.1 Å². The Morgan fingerprint density at radius 2 is 1.29 bits per heavy atom. The van der Waals surface area contributed by atoms with Crippen molar-refractivity contribution in [2.45, 2.75) is 56.3 Å². The number of phenolic OH excluding ortho intramolecular Hbond substituents is 1. The topological polar surface area (TPSA) is 214 Å². The van der Waals surface area contributed by atoms with Crippen LogP contribution in [0.4, 0.5) is 0 Å². The van der Waals surface area contributed by atoms with Crippen LogP contribution in [-0.4, -0.2) is 88.0 Å². The molecule has 0 aliphatic carbocycles. The number of carboxylic acid groups (broad SMARTS) is 1. The van der Waals surface area contributed by atoms with E-state index in [2.05, 4.69) is 16.0 Å². The molecule has 1 aromatic carbocycles. The second-order valence-corrected chi connectivity index (χ2v) is 10.5. The first-order valence-corrected chi connectivity index (χ1v) is 14.7. The smallest absolute Gasteiger partial charge is 0.326 e. The number of primary amides is 1. The third-order valence-corrected chi connectivity index (χ3v) is 6.80. The lowest BCUT2D eigenvalue weighted by Crippen LogP contribution is -2.57. The highest BCUT2D eigenvalue weighted by Crippen LogP contribution is 2.12. The van der Waals surface area contributed by atoms with Crippen LogP contribution >= 0.6 is 23.5 Å². The van der Waals surface area contributed by atoms with Crippen LogP contribution in [0.15, 0.2) is 24.3 Å². The third-order valence-electron chi connectivity index (χ3n) is 5.52. The quantitative estimate of drug-likeness (QED) is 0.121. The number of carbonyl (C=O) groups excluding carboxylic acids is 4. The molecule has 4 atom stereocenters. The fourth-order valence-corrected chi connectivity index (χ4v) is 4.27. The molecule has 0 spiro atoms. The molecule has 12 nitrogen and oxygen atoms in total. The van der Waals surface area contributed by atoms with E-state index in [1.165, 1.54) is 35.7 Å². The maximum absolute atomic E-state index is 13.1. The number of carboxylic acids is 1. The van der Waals surface area contributed by atoms with Gasteiger partial charge in [-0.2, -0.15) is 23.5 Å². The molecule has 0 bridgehead atoms. The van der Waals surface area contributed by atoms with Gasteiger partial charge < -0.3 is 37.6 Å². The van der Waals surface area contributed by atoms with Crippen LogP contribution in [0.2, 0.25) is 0 Å². The Kier molecular flexibility index (Phi) is 15.2. The molecule has 212 valence electrons. The van der Waals surface area contributed by atoms with Gasteiger partial charge in [-0.15, -0.1) is 0 Å². The summed E-state index contributed by atoms with van der Waals surface area (Å²) in [7, 11) is 0. The van der Waals surface area contributed by atoms with E-state index in [4.69, 9.17) is 11.5 Å². The summed E-state index contributed by atoms with van der Waals surface area (Å²) < 4.78 is 0. The van der Waals surface area contributed by atoms with Crippen LogP contribution in [0, 0.1) is 0 Å². The standard InChI is InChI=1S/C24H37N5O7S2/c1-37-11-9-17(27-21(32)16(25)7-8-20(26)31)22(33)28-18(10-12-38-2)23(34)29-19(24(35)36)13-14-3-5-15(30)6-4-14/h3-6,16-19,30H,7-13,25H2,1-2H3,(H2,26,31)(H,27,32)(H,28,33)(H,29,34)(H,35,36). The maximum atomic E-state index is 13.1. The van der Waals surface area contributed by atoms with E-state index in [0.29, 0.717) is 17.1 Å². The molecular weight excluding hydrogens is 534 g/mol. The van der Waals surface area contributed by atoms with Crippen molar-refractivity contribution in [1.82, 2.24) is 16.0 Å². The summed E-state index contributed by atoms with van der Waals surface area (Å²) in [4.78, 5) is 61.5. The van der Waals surface area contributed by atoms with Crippen molar-refractivity contribution in [3.63, 3.8) is 0 Å². The van der Waals surface area contributed by atoms with Gasteiger partial charge >= 0.3 is 5.97 Å². The number of nitrogens with two attached hydrogens (primary N) is 2. The zero-order valence-electron chi connectivity index (χ0n) is 21.5. The van der Waals surface area contributed by atoms with Crippen LogP contribution in [0.3, 0.4) is 0 Å². The normalized spacial score (nSPS) is 14.0. The number of carbonyl (C=O) groups is 5. The van der Waals surface area contributed by atoms with Crippen LogP contribution in [0.5, 0.6) is 5.75 Å². The lowest BCUT2D eigenvalue weighted by Gasteiger charge is -2.25. The number of aliphatic carboxylic acids is 1. The van der Waals surface area contributed by atoms with Gasteiger partial charge in [-0.25, -0.2) is 4.79 Å². The molecule has 9 N–H and O–H groups in total. The predicted molar refractivity (Wildman–Crippen MR) is 148 cm³/mol. The molecule has 38 heavy (non-hydrogen) atoms. The van der Waals surface area contributed by atoms with Gasteiger partial charge in [0, 0.05) is 12.8 Å². The highest BCUT2D eigenvalue weighted by Gasteiger charge is 2.30. The third kappa shape index (κ3) is 12.5. The van der Waals surface area contributed by atoms with E-state index in [9.17, 15) is 34.2 Å². The second-order valence-electron chi connectivity index (χ2n) is 8.57. The Bertz CT molecular complexity index is 949. The highest BCUT2D eigenvalue weighted by molar-refractivity contribution is 7.98. The zero-order valence-corrected chi connectivity index (χ0v) is 23.1. The van der Waals surface area contributed by atoms with Gasteiger partial charge in [0.2, 0.25) is 23.6 Å². The number of aromatic hydroxyl groups is 1. The number of amides is 4. The van der Waals surface area contributed by atoms with Gasteiger partial charge in [-0.05, 0) is 61.0 Å². The van der Waals surface area contributed by atoms with E-state index >= 15 is 0 Å². The van der Waals surface area contributed by atoms with Crippen molar-refractivity contribution in [3.05, 3.63) is 29.8 Å². The molecule has 4 amide bonds. The van der Waals surface area contributed by atoms with E-state index in [1.807, 2.05) is 12.5 Å². The molecule has 0 saturated heterocycles. The van der Waals surface area contributed by atoms with Crippen molar-refractivity contribution in [2.75, 3.05) is 24.0 Å². The van der Waals surface area contributed by atoms with Crippen molar-refractivity contribution < 1.29 is 34.2 Å². The number of nitrogens with one attached hydrogen (secondary N) is 3. The van der Waals surface area contributed by atoms with Crippen molar-refractivity contribution in [1.29, 1.82) is 0 Å². The minimum absolute atomic E-state index is 0.0222. The minimum Gasteiger partial charge on any atom is -0.508 e. The summed E-state index contributed by atoms with van der Waals surface area (Å²) in [5.74, 6) is -2.70. The van der Waals surface area contributed by atoms with E-state index in [-0.39, 0.29) is 37.9 Å². The molecule has 0 fully saturated rings. The average molecular weight is 572 g/mol. The monoisotopic (exact) mass is 571 g/mol. The molecular formula is C24H37N5O7S2. The summed E-state index contributed by atoms with van der Waals surface area (Å²) >= 11 is 2.91. The fourth-order valence-electron chi connectivity index (χ4n) is 3.33. The Hall–Kier alpha value is -2.97. The van der Waals surface area contributed by atoms with Gasteiger partial charge in [0.1, 0.15) is 23.9 Å². The first-order chi connectivity index (χ1) is 18.0. The first kappa shape index (κ1) is 33.1. The molecule has 0 aromatic heterocycles. The first-order valence-electron chi connectivity index (χ1n) is 11.9. The summed E-state index contributed by atoms with van der Waals surface area (Å²) in [6, 6.07) is 1.59. The molecule has 0 aliphatic rings. The summed E-state index contributed by atoms with van der Waals surface area (Å²) in [6.07, 6.45) is 4.07. The van der Waals surface area contributed by atoms with Crippen molar-refractivity contribution in [3.8, 4) is 5.75 Å². The summed E-state index contributed by atoms with van der Waals surface area (Å²) in [5.41, 5.74) is 11.5. The molecule has 0 saturated carbocycles. The molecule has 0 radical (unpaired) electrons. The number of thioether (sulfide) groups is 2. The second kappa shape index (κ2) is 17.5. The Morgan fingerprint density at radius 3 is 1.74 bits per heavy atom. The number of benzene rings is 1. The molecule has 0 aliphatic heterocycles. The fraction of sp³-hybridized carbons (Fsp3) is 0.542. The Morgan fingerprint density at radius 1 is 0.816 bits per heavy atom. The van der Waals surface area contributed by atoms with Gasteiger partial charge in [0.25, 0.3) is 0 Å². The van der Waals surface area contributed by atoms with Crippen LogP contribution in [-0.2, 0) is 30.4 Å². The molecule has 14 heteroatoms. The number of hydrogen-bond acceptors (Lipinski definition) is 9. The van der Waals surface area contributed by atoms with Gasteiger partial charge in [-0.1, -0.05) is 12.1 Å². The Labute approximate surface area is 230 Å². The largest absolute Gasteiger partial charge is 0.508 e. The molecule has 0 heterocycles. The average Bonchev–Trinajstić information content (AvgIpc) is 2.87. The number of hydrogen-bond donors (Lipinski definition) is 7. The minimum atomic E-state index is -1.27. The molecule has 1 rings (SSSR count). The maximum Gasteiger partial charge on any atom is 0.326 e. The Balaban J connectivity index is 2.96. The summed E-state index contributed by atoms with van der Waals surface area (Å²) in [5, 5.41) is 26.8. The molecule has 4 unspecified atom stereocenters.